The third-order valence-corrected chi connectivity index (χ3v) is 5.07. The monoisotopic (exact) mass is 397 g/mol. The number of halogens is 1. The molecule has 8 nitrogen and oxygen atoms in total. The van der Waals surface area contributed by atoms with E-state index in [9.17, 15) is 4.79 Å². The van der Waals surface area contributed by atoms with Crippen LogP contribution in [0.1, 0.15) is 42.2 Å². The molecule has 9 heteroatoms. The summed E-state index contributed by atoms with van der Waals surface area (Å²) >= 11 is 6.15. The Bertz CT molecular complexity index is 975. The number of hydrogen-bond acceptors (Lipinski definition) is 6. The first kappa shape index (κ1) is 18.4. The minimum absolute atomic E-state index is 0.151. The van der Waals surface area contributed by atoms with E-state index in [1.54, 1.807) is 10.9 Å². The summed E-state index contributed by atoms with van der Waals surface area (Å²) in [5.41, 5.74) is 7.21. The number of anilines is 1. The predicted octanol–water partition coefficient (Wildman–Crippen LogP) is 3.08. The lowest BCUT2D eigenvalue weighted by atomic mass is 9.91. The number of amides is 1. The van der Waals surface area contributed by atoms with E-state index in [1.807, 2.05) is 36.4 Å². The third-order valence-electron chi connectivity index (χ3n) is 4.90. The summed E-state index contributed by atoms with van der Waals surface area (Å²) < 4.78 is 1.73. The molecule has 28 heavy (non-hydrogen) atoms. The first-order valence-corrected chi connectivity index (χ1v) is 9.54. The summed E-state index contributed by atoms with van der Waals surface area (Å²) in [6, 6.07) is 12.1. The molecule has 1 saturated carbocycles. The molecule has 2 atom stereocenters. The second kappa shape index (κ2) is 7.93. The van der Waals surface area contributed by atoms with Crippen LogP contribution in [0.25, 0.3) is 11.3 Å². The molecule has 3 aromatic rings. The Morgan fingerprint density at radius 2 is 2.04 bits per heavy atom. The van der Waals surface area contributed by atoms with E-state index in [-0.39, 0.29) is 23.1 Å². The summed E-state index contributed by atoms with van der Waals surface area (Å²) in [5, 5.41) is 11.6. The fourth-order valence-electron chi connectivity index (χ4n) is 3.56. The number of rotatable bonds is 5. The fraction of sp³-hybridized carbons (Fsp3) is 0.316. The zero-order chi connectivity index (χ0) is 19.5. The van der Waals surface area contributed by atoms with Crippen LogP contribution in [0.2, 0.25) is 5.28 Å². The summed E-state index contributed by atoms with van der Waals surface area (Å²) in [6.07, 6.45) is 5.46. The van der Waals surface area contributed by atoms with Crippen LogP contribution >= 0.6 is 11.6 Å². The Hall–Kier alpha value is -3.00. The molecule has 0 bridgehead atoms. The van der Waals surface area contributed by atoms with E-state index in [0.717, 1.165) is 36.9 Å². The molecule has 1 aromatic carbocycles. The SMILES string of the molecule is NC(=O)c1cn(C2CCCC(Nc3cc(-c4ccccc4)nc(Cl)n3)C2)nn1. The van der Waals surface area contributed by atoms with Crippen molar-refractivity contribution >= 4 is 23.3 Å². The molecule has 1 amide bonds. The number of nitrogens with two attached hydrogens (primary N) is 1. The van der Waals surface area contributed by atoms with Gasteiger partial charge in [0.25, 0.3) is 5.91 Å². The standard InChI is InChI=1S/C19H20ClN7O/c20-19-23-15(12-5-2-1-3-6-12)10-17(24-19)22-13-7-4-8-14(9-13)27-11-16(18(21)28)25-26-27/h1-3,5-6,10-11,13-14H,4,7-9H2,(H2,21,28)(H,22,23,24). The van der Waals surface area contributed by atoms with Gasteiger partial charge in [-0.3, -0.25) is 4.79 Å². The highest BCUT2D eigenvalue weighted by atomic mass is 35.5. The summed E-state index contributed by atoms with van der Waals surface area (Å²) in [6.45, 7) is 0. The largest absolute Gasteiger partial charge is 0.367 e. The molecular formula is C19H20ClN7O. The van der Waals surface area contributed by atoms with Crippen LogP contribution in [0.5, 0.6) is 0 Å². The van der Waals surface area contributed by atoms with Gasteiger partial charge < -0.3 is 11.1 Å². The second-order valence-electron chi connectivity index (χ2n) is 6.88. The van der Waals surface area contributed by atoms with Gasteiger partial charge in [0, 0.05) is 17.7 Å². The van der Waals surface area contributed by atoms with Gasteiger partial charge in [0.05, 0.1) is 17.9 Å². The quantitative estimate of drug-likeness (QED) is 0.640. The molecule has 2 aromatic heterocycles. The van der Waals surface area contributed by atoms with Gasteiger partial charge in [0.2, 0.25) is 5.28 Å². The first-order chi connectivity index (χ1) is 13.6. The molecule has 0 aliphatic heterocycles. The lowest BCUT2D eigenvalue weighted by molar-refractivity contribution is 0.0995. The molecule has 1 aliphatic carbocycles. The molecule has 1 aliphatic rings. The third kappa shape index (κ3) is 4.12. The maximum atomic E-state index is 11.3. The summed E-state index contributed by atoms with van der Waals surface area (Å²) in [4.78, 5) is 19.9. The van der Waals surface area contributed by atoms with Crippen LogP contribution in [-0.4, -0.2) is 36.9 Å². The van der Waals surface area contributed by atoms with Crippen LogP contribution < -0.4 is 11.1 Å². The Balaban J connectivity index is 1.49. The van der Waals surface area contributed by atoms with Gasteiger partial charge in [-0.15, -0.1) is 5.10 Å². The van der Waals surface area contributed by atoms with Crippen molar-refractivity contribution in [2.24, 2.45) is 5.73 Å². The van der Waals surface area contributed by atoms with Crippen LogP contribution in [0.3, 0.4) is 0 Å². The van der Waals surface area contributed by atoms with Gasteiger partial charge in [-0.05, 0) is 37.3 Å². The number of carbonyl (C=O) groups is 1. The highest BCUT2D eigenvalue weighted by molar-refractivity contribution is 6.28. The van der Waals surface area contributed by atoms with Crippen LogP contribution in [0.4, 0.5) is 5.82 Å². The van der Waals surface area contributed by atoms with E-state index in [0.29, 0.717) is 5.82 Å². The normalized spacial score (nSPS) is 19.3. The van der Waals surface area contributed by atoms with Crippen molar-refractivity contribution in [2.75, 3.05) is 5.32 Å². The van der Waals surface area contributed by atoms with E-state index < -0.39 is 5.91 Å². The minimum atomic E-state index is -0.569. The molecule has 0 radical (unpaired) electrons. The number of hydrogen-bond donors (Lipinski definition) is 2. The van der Waals surface area contributed by atoms with Crippen molar-refractivity contribution in [3.05, 3.63) is 53.6 Å². The number of aromatic nitrogens is 5. The van der Waals surface area contributed by atoms with Crippen molar-refractivity contribution in [1.82, 2.24) is 25.0 Å². The van der Waals surface area contributed by atoms with Crippen LogP contribution in [-0.2, 0) is 0 Å². The highest BCUT2D eigenvalue weighted by Crippen LogP contribution is 2.30. The van der Waals surface area contributed by atoms with Crippen molar-refractivity contribution in [1.29, 1.82) is 0 Å². The van der Waals surface area contributed by atoms with Gasteiger partial charge in [-0.1, -0.05) is 35.5 Å². The highest BCUT2D eigenvalue weighted by Gasteiger charge is 2.25. The van der Waals surface area contributed by atoms with Crippen molar-refractivity contribution in [3.8, 4) is 11.3 Å². The van der Waals surface area contributed by atoms with Gasteiger partial charge >= 0.3 is 0 Å². The molecule has 0 spiro atoms. The number of nitrogens with zero attached hydrogens (tertiary/aromatic N) is 5. The zero-order valence-electron chi connectivity index (χ0n) is 15.1. The summed E-state index contributed by atoms with van der Waals surface area (Å²) in [7, 11) is 0. The first-order valence-electron chi connectivity index (χ1n) is 9.16. The predicted molar refractivity (Wildman–Crippen MR) is 106 cm³/mol. The van der Waals surface area contributed by atoms with Gasteiger partial charge in [0.15, 0.2) is 5.69 Å². The number of carbonyl (C=O) groups excluding carboxylic acids is 1. The number of nitrogens with one attached hydrogen (secondary N) is 1. The molecular weight excluding hydrogens is 378 g/mol. The van der Waals surface area contributed by atoms with E-state index >= 15 is 0 Å². The Morgan fingerprint density at radius 1 is 1.21 bits per heavy atom. The van der Waals surface area contributed by atoms with E-state index in [1.165, 1.54) is 0 Å². The second-order valence-corrected chi connectivity index (χ2v) is 7.22. The average Bonchev–Trinajstić information content (AvgIpc) is 3.19. The van der Waals surface area contributed by atoms with Crippen molar-refractivity contribution in [3.63, 3.8) is 0 Å². The van der Waals surface area contributed by atoms with E-state index in [2.05, 4.69) is 25.6 Å². The molecule has 3 N–H and O–H groups in total. The van der Waals surface area contributed by atoms with Gasteiger partial charge in [0.1, 0.15) is 5.82 Å². The smallest absolute Gasteiger partial charge is 0.270 e. The molecule has 144 valence electrons. The number of benzene rings is 1. The average molecular weight is 398 g/mol. The van der Waals surface area contributed by atoms with Crippen LogP contribution in [0, 0.1) is 0 Å². The lowest BCUT2D eigenvalue weighted by Gasteiger charge is -2.30. The molecule has 2 unspecified atom stereocenters. The Labute approximate surface area is 167 Å². The lowest BCUT2D eigenvalue weighted by Crippen LogP contribution is -2.29. The topological polar surface area (TPSA) is 112 Å². The number of primary amides is 1. The Kier molecular flexibility index (Phi) is 5.21. The minimum Gasteiger partial charge on any atom is -0.367 e. The van der Waals surface area contributed by atoms with Gasteiger partial charge in [-0.2, -0.15) is 0 Å². The zero-order valence-corrected chi connectivity index (χ0v) is 15.9. The fourth-order valence-corrected chi connectivity index (χ4v) is 3.74. The summed E-state index contributed by atoms with van der Waals surface area (Å²) in [5.74, 6) is 0.127. The maximum Gasteiger partial charge on any atom is 0.270 e. The molecule has 1 fully saturated rings. The molecule has 4 rings (SSSR count). The molecule has 0 saturated heterocycles. The van der Waals surface area contributed by atoms with Crippen molar-refractivity contribution < 1.29 is 4.79 Å². The van der Waals surface area contributed by atoms with Gasteiger partial charge in [-0.25, -0.2) is 14.6 Å². The van der Waals surface area contributed by atoms with E-state index in [4.69, 9.17) is 17.3 Å². The van der Waals surface area contributed by atoms with Crippen molar-refractivity contribution in [2.45, 2.75) is 37.8 Å². The van der Waals surface area contributed by atoms with Crippen LogP contribution in [0.15, 0.2) is 42.6 Å². The Morgan fingerprint density at radius 3 is 2.79 bits per heavy atom. The molecule has 2 heterocycles. The maximum absolute atomic E-state index is 11.3.